The van der Waals surface area contributed by atoms with Crippen molar-refractivity contribution < 1.29 is 39.0 Å². The third kappa shape index (κ3) is 4.78. The number of rotatable bonds is 8. The SMILES string of the molecule is CON=C(C)CN(C)Cc1cc(N(C)C)c2c(c1O)C(=O)C1C(=O)[C@]3(O)C(=O)C(C(N)=O)C(=O)[C@@H](N(C)C)[C@@H]3C[C@@H]1C2. The molecule has 0 spiro atoms. The Balaban J connectivity index is 1.82. The maximum absolute atomic E-state index is 14.1. The van der Waals surface area contributed by atoms with Crippen LogP contribution in [0.5, 0.6) is 5.75 Å². The molecule has 0 aromatic heterocycles. The fraction of sp³-hybridized carbons (Fsp3) is 0.586. The van der Waals surface area contributed by atoms with Crippen LogP contribution < -0.4 is 10.6 Å². The number of benzene rings is 1. The molecular formula is C29H39N5O8. The zero-order valence-electron chi connectivity index (χ0n) is 25.0. The molecule has 3 aliphatic rings. The molecule has 1 amide bonds. The first kappa shape index (κ1) is 31.3. The number of phenols is 1. The van der Waals surface area contributed by atoms with Crippen LogP contribution in [0.25, 0.3) is 0 Å². The number of anilines is 1. The minimum Gasteiger partial charge on any atom is -0.507 e. The van der Waals surface area contributed by atoms with Gasteiger partial charge in [0.25, 0.3) is 0 Å². The standard InChI is InChI=1S/C29H39N5O8/c1-13(31-42-7)11-34(6)12-15-10-18(32(2)3)16-8-14-9-17-22(33(4)5)25(37)21(28(30)40)27(39)29(17,41)26(38)19(14)24(36)20(16)23(15)35/h10,14,17,19,21-22,35,41H,8-9,11-12H2,1-7H3,(H2,30,40)/t14-,17-,19?,21?,22-,29-/m0/s1. The average molecular weight is 586 g/mol. The number of aliphatic hydroxyl groups is 1. The number of phenolic OH excluding ortho intramolecular Hbond substituents is 1. The van der Waals surface area contributed by atoms with Gasteiger partial charge < -0.3 is 25.7 Å². The Kier molecular flexibility index (Phi) is 8.33. The molecule has 1 aromatic rings. The van der Waals surface area contributed by atoms with Crippen molar-refractivity contribution in [1.29, 1.82) is 0 Å². The number of amides is 1. The fourth-order valence-electron chi connectivity index (χ4n) is 7.15. The number of carbonyl (C=O) groups excluding carboxylic acids is 5. The van der Waals surface area contributed by atoms with Crippen LogP contribution in [-0.4, -0.2) is 115 Å². The molecule has 13 heteroatoms. The quantitative estimate of drug-likeness (QED) is 0.201. The summed E-state index contributed by atoms with van der Waals surface area (Å²) in [6.07, 6.45) is 0.197. The van der Waals surface area contributed by atoms with E-state index in [4.69, 9.17) is 10.6 Å². The number of hydrogen-bond donors (Lipinski definition) is 3. The van der Waals surface area contributed by atoms with E-state index in [1.807, 2.05) is 16.8 Å². The zero-order valence-corrected chi connectivity index (χ0v) is 25.0. The molecule has 6 atom stereocenters. The third-order valence-electron chi connectivity index (χ3n) is 8.78. The molecule has 4 rings (SSSR count). The first-order chi connectivity index (χ1) is 19.6. The van der Waals surface area contributed by atoms with Crippen molar-refractivity contribution in [3.05, 3.63) is 22.8 Å². The van der Waals surface area contributed by atoms with Crippen molar-refractivity contribution in [2.45, 2.75) is 38.0 Å². The molecule has 0 heterocycles. The Labute approximate surface area is 244 Å². The normalized spacial score (nSPS) is 29.4. The molecule has 0 radical (unpaired) electrons. The predicted molar refractivity (Wildman–Crippen MR) is 152 cm³/mol. The van der Waals surface area contributed by atoms with Crippen LogP contribution in [0.2, 0.25) is 0 Å². The van der Waals surface area contributed by atoms with Crippen LogP contribution in [0, 0.1) is 23.7 Å². The summed E-state index contributed by atoms with van der Waals surface area (Å²) in [4.78, 5) is 77.1. The lowest BCUT2D eigenvalue weighted by molar-refractivity contribution is -0.181. The number of oxime groups is 1. The molecule has 42 heavy (non-hydrogen) atoms. The van der Waals surface area contributed by atoms with E-state index in [2.05, 4.69) is 5.16 Å². The van der Waals surface area contributed by atoms with E-state index < -0.39 is 64.4 Å². The molecule has 2 fully saturated rings. The Morgan fingerprint density at radius 2 is 1.79 bits per heavy atom. The highest BCUT2D eigenvalue weighted by molar-refractivity contribution is 6.32. The van der Waals surface area contributed by atoms with Crippen molar-refractivity contribution in [3.8, 4) is 5.75 Å². The summed E-state index contributed by atoms with van der Waals surface area (Å²) in [5.74, 6) is -10.6. The van der Waals surface area contributed by atoms with Crippen LogP contribution in [0.1, 0.15) is 34.8 Å². The molecular weight excluding hydrogens is 546 g/mol. The molecule has 3 aliphatic carbocycles. The zero-order chi connectivity index (χ0) is 31.4. The lowest BCUT2D eigenvalue weighted by atomic mass is 9.52. The lowest BCUT2D eigenvalue weighted by Crippen LogP contribution is -2.74. The van der Waals surface area contributed by atoms with Crippen molar-refractivity contribution in [3.63, 3.8) is 0 Å². The molecule has 13 nitrogen and oxygen atoms in total. The summed E-state index contributed by atoms with van der Waals surface area (Å²) in [6.45, 7) is 2.45. The lowest BCUT2D eigenvalue weighted by Gasteiger charge is -2.52. The Bertz CT molecular complexity index is 1390. The Morgan fingerprint density at radius 1 is 1.14 bits per heavy atom. The predicted octanol–water partition coefficient (Wildman–Crippen LogP) is -0.613. The number of likely N-dealkylation sites (N-methyl/N-ethyl adjacent to an activating group) is 1. The highest BCUT2D eigenvalue weighted by Crippen LogP contribution is 2.52. The second kappa shape index (κ2) is 11.2. The van der Waals surface area contributed by atoms with E-state index >= 15 is 0 Å². The number of Topliss-reactive ketones (excluding diaryl/α,β-unsaturated/α-hetero) is 4. The van der Waals surface area contributed by atoms with Gasteiger partial charge in [-0.1, -0.05) is 5.16 Å². The highest BCUT2D eigenvalue weighted by Gasteiger charge is 2.69. The number of aromatic hydroxyl groups is 1. The Hall–Kier alpha value is -3.68. The van der Waals surface area contributed by atoms with Gasteiger partial charge in [0.05, 0.1) is 23.2 Å². The van der Waals surface area contributed by atoms with E-state index in [-0.39, 0.29) is 30.7 Å². The summed E-state index contributed by atoms with van der Waals surface area (Å²) in [5, 5.41) is 27.1. The summed E-state index contributed by atoms with van der Waals surface area (Å²) >= 11 is 0. The number of carbonyl (C=O) groups is 5. The third-order valence-corrected chi connectivity index (χ3v) is 8.78. The van der Waals surface area contributed by atoms with Gasteiger partial charge in [0.1, 0.15) is 12.9 Å². The van der Waals surface area contributed by atoms with Gasteiger partial charge in [0, 0.05) is 44.4 Å². The van der Waals surface area contributed by atoms with Crippen molar-refractivity contribution in [2.24, 2.45) is 34.6 Å². The molecule has 4 N–H and O–H groups in total. The molecule has 2 saturated carbocycles. The Morgan fingerprint density at radius 3 is 2.33 bits per heavy atom. The monoisotopic (exact) mass is 585 g/mol. The first-order valence-electron chi connectivity index (χ1n) is 13.7. The number of nitrogens with two attached hydrogens (primary N) is 1. The smallest absolute Gasteiger partial charge is 0.235 e. The summed E-state index contributed by atoms with van der Waals surface area (Å²) < 4.78 is 0. The van der Waals surface area contributed by atoms with Crippen molar-refractivity contribution in [2.75, 3.05) is 53.8 Å². The maximum Gasteiger partial charge on any atom is 0.235 e. The minimum absolute atomic E-state index is 0.000125. The van der Waals surface area contributed by atoms with Crippen molar-refractivity contribution in [1.82, 2.24) is 9.80 Å². The van der Waals surface area contributed by atoms with Crippen LogP contribution in [0.3, 0.4) is 0 Å². The average Bonchev–Trinajstić information content (AvgIpc) is 2.87. The number of primary amides is 1. The summed E-state index contributed by atoms with van der Waals surface area (Å²) in [5.41, 5.74) is 4.97. The maximum atomic E-state index is 14.1. The van der Waals surface area contributed by atoms with E-state index in [0.717, 1.165) is 0 Å². The van der Waals surface area contributed by atoms with Gasteiger partial charge >= 0.3 is 0 Å². The van der Waals surface area contributed by atoms with Gasteiger partial charge in [0.2, 0.25) is 5.91 Å². The molecule has 2 unspecified atom stereocenters. The first-order valence-corrected chi connectivity index (χ1v) is 13.7. The topological polar surface area (TPSA) is 183 Å². The van der Waals surface area contributed by atoms with Gasteiger partial charge in [-0.2, -0.15) is 0 Å². The van der Waals surface area contributed by atoms with Gasteiger partial charge in [-0.3, -0.25) is 33.8 Å². The molecule has 0 saturated heterocycles. The number of hydrogen-bond acceptors (Lipinski definition) is 12. The van der Waals surface area contributed by atoms with E-state index in [9.17, 15) is 34.2 Å². The van der Waals surface area contributed by atoms with E-state index in [1.54, 1.807) is 41.2 Å². The summed E-state index contributed by atoms with van der Waals surface area (Å²) in [6, 6.07) is 0.659. The van der Waals surface area contributed by atoms with Crippen LogP contribution in [0.4, 0.5) is 5.69 Å². The molecule has 0 aliphatic heterocycles. The van der Waals surface area contributed by atoms with Gasteiger partial charge in [-0.25, -0.2) is 0 Å². The minimum atomic E-state index is -2.76. The van der Waals surface area contributed by atoms with Gasteiger partial charge in [-0.15, -0.1) is 0 Å². The molecule has 0 bridgehead atoms. The number of fused-ring (bicyclic) bond motifs is 3. The second-order valence-corrected chi connectivity index (χ2v) is 12.1. The largest absolute Gasteiger partial charge is 0.507 e. The fourth-order valence-corrected chi connectivity index (χ4v) is 7.15. The summed E-state index contributed by atoms with van der Waals surface area (Å²) in [7, 11) is 9.98. The number of nitrogens with zero attached hydrogens (tertiary/aromatic N) is 4. The molecule has 1 aromatic carbocycles. The van der Waals surface area contributed by atoms with Crippen molar-refractivity contribution >= 4 is 40.4 Å². The number of ketones is 4. The highest BCUT2D eigenvalue weighted by atomic mass is 16.6. The van der Waals surface area contributed by atoms with Crippen LogP contribution >= 0.6 is 0 Å². The second-order valence-electron chi connectivity index (χ2n) is 12.1. The van der Waals surface area contributed by atoms with Crippen LogP contribution in [-0.2, 0) is 37.0 Å². The van der Waals surface area contributed by atoms with E-state index in [0.29, 0.717) is 29.1 Å². The van der Waals surface area contributed by atoms with Gasteiger partial charge in [0.15, 0.2) is 34.7 Å². The van der Waals surface area contributed by atoms with E-state index in [1.165, 1.54) is 12.0 Å². The van der Waals surface area contributed by atoms with Crippen LogP contribution in [0.15, 0.2) is 11.2 Å². The van der Waals surface area contributed by atoms with Gasteiger partial charge in [-0.05, 0) is 58.5 Å². The molecule has 228 valence electrons.